The molecule has 26 heavy (non-hydrogen) atoms. The molecule has 0 bridgehead atoms. The second kappa shape index (κ2) is 6.00. The van der Waals surface area contributed by atoms with Crippen molar-refractivity contribution in [3.8, 4) is 17.3 Å². The molecule has 0 atom stereocenters. The van der Waals surface area contributed by atoms with Gasteiger partial charge in [-0.2, -0.15) is 5.26 Å². The van der Waals surface area contributed by atoms with E-state index in [0.29, 0.717) is 17.1 Å². The molecule has 2 aromatic heterocycles. The lowest BCUT2D eigenvalue weighted by Crippen LogP contribution is -2.30. The SMILES string of the molecule is Cc1cc2oc3c(C#N)ccc(C(C)C)c3c2cc1-c1cccc[n+]1C. The maximum absolute atomic E-state index is 9.50. The summed E-state index contributed by atoms with van der Waals surface area (Å²) in [7, 11) is 2.06. The van der Waals surface area contributed by atoms with Gasteiger partial charge in [-0.3, -0.25) is 0 Å². The van der Waals surface area contributed by atoms with Gasteiger partial charge < -0.3 is 4.42 Å². The molecule has 128 valence electrons. The summed E-state index contributed by atoms with van der Waals surface area (Å²) < 4.78 is 8.26. The van der Waals surface area contributed by atoms with Crippen LogP contribution in [0.15, 0.2) is 53.1 Å². The van der Waals surface area contributed by atoms with Crippen molar-refractivity contribution in [2.75, 3.05) is 0 Å². The normalized spacial score (nSPS) is 11.4. The van der Waals surface area contributed by atoms with Crippen LogP contribution in [0.3, 0.4) is 0 Å². The molecule has 0 fully saturated rings. The Labute approximate surface area is 153 Å². The lowest BCUT2D eigenvalue weighted by molar-refractivity contribution is -0.660. The van der Waals surface area contributed by atoms with Crippen molar-refractivity contribution < 1.29 is 8.98 Å². The van der Waals surface area contributed by atoms with Crippen molar-refractivity contribution in [1.82, 2.24) is 0 Å². The predicted octanol–water partition coefficient (Wildman–Crippen LogP) is 5.38. The molecule has 3 heteroatoms. The Morgan fingerprint density at radius 3 is 2.62 bits per heavy atom. The van der Waals surface area contributed by atoms with Crippen molar-refractivity contribution in [2.45, 2.75) is 26.7 Å². The van der Waals surface area contributed by atoms with E-state index in [1.54, 1.807) is 0 Å². The van der Waals surface area contributed by atoms with E-state index in [9.17, 15) is 5.26 Å². The molecule has 0 saturated carbocycles. The Hall–Kier alpha value is -3.12. The van der Waals surface area contributed by atoms with Crippen molar-refractivity contribution in [2.24, 2.45) is 7.05 Å². The minimum Gasteiger partial charge on any atom is -0.455 e. The lowest BCUT2D eigenvalue weighted by atomic mass is 9.94. The number of pyridine rings is 1. The first-order chi connectivity index (χ1) is 12.5. The fourth-order valence-corrected chi connectivity index (χ4v) is 3.70. The molecule has 3 nitrogen and oxygen atoms in total. The molecule has 4 rings (SSSR count). The molecule has 4 aromatic rings. The highest BCUT2D eigenvalue weighted by Gasteiger charge is 2.20. The smallest absolute Gasteiger partial charge is 0.212 e. The standard InChI is InChI=1S/C23H21N2O/c1-14(2)17-9-8-16(13-24)23-22(17)19-12-18(15(3)11-21(19)26-23)20-7-5-6-10-25(20)4/h5-12,14H,1-4H3/q+1. The summed E-state index contributed by atoms with van der Waals surface area (Å²) in [6, 6.07) is 16.7. The fraction of sp³-hybridized carbons (Fsp3) is 0.217. The van der Waals surface area contributed by atoms with E-state index in [4.69, 9.17) is 4.42 Å². The predicted molar refractivity (Wildman–Crippen MR) is 104 cm³/mol. The zero-order valence-electron chi connectivity index (χ0n) is 15.5. The first-order valence-electron chi connectivity index (χ1n) is 8.86. The van der Waals surface area contributed by atoms with E-state index >= 15 is 0 Å². The van der Waals surface area contributed by atoms with Gasteiger partial charge in [0.25, 0.3) is 0 Å². The van der Waals surface area contributed by atoms with Gasteiger partial charge in [0.2, 0.25) is 5.69 Å². The maximum Gasteiger partial charge on any atom is 0.212 e. The summed E-state index contributed by atoms with van der Waals surface area (Å²) in [5, 5.41) is 11.6. The van der Waals surface area contributed by atoms with Crippen LogP contribution in [0.5, 0.6) is 0 Å². The van der Waals surface area contributed by atoms with Crippen molar-refractivity contribution >= 4 is 21.9 Å². The van der Waals surface area contributed by atoms with Gasteiger partial charge >= 0.3 is 0 Å². The van der Waals surface area contributed by atoms with E-state index in [0.717, 1.165) is 27.6 Å². The summed E-state index contributed by atoms with van der Waals surface area (Å²) in [6.07, 6.45) is 2.06. The van der Waals surface area contributed by atoms with E-state index < -0.39 is 0 Å². The van der Waals surface area contributed by atoms with Gasteiger partial charge in [0.15, 0.2) is 11.8 Å². The summed E-state index contributed by atoms with van der Waals surface area (Å²) >= 11 is 0. The molecular weight excluding hydrogens is 320 g/mol. The minimum atomic E-state index is 0.351. The number of aryl methyl sites for hydroxylation is 2. The largest absolute Gasteiger partial charge is 0.455 e. The van der Waals surface area contributed by atoms with E-state index in [1.807, 2.05) is 12.1 Å². The van der Waals surface area contributed by atoms with Crippen molar-refractivity contribution in [3.05, 3.63) is 65.4 Å². The number of fused-ring (bicyclic) bond motifs is 3. The number of hydrogen-bond donors (Lipinski definition) is 0. The number of furan rings is 1. The average molecular weight is 341 g/mol. The number of rotatable bonds is 2. The second-order valence-electron chi connectivity index (χ2n) is 7.14. The average Bonchev–Trinajstić information content (AvgIpc) is 2.98. The monoisotopic (exact) mass is 341 g/mol. The number of benzene rings is 2. The van der Waals surface area contributed by atoms with Crippen LogP contribution in [0.2, 0.25) is 0 Å². The van der Waals surface area contributed by atoms with Crippen LogP contribution in [-0.2, 0) is 7.05 Å². The molecule has 0 radical (unpaired) electrons. The van der Waals surface area contributed by atoms with Crippen LogP contribution in [0, 0.1) is 18.3 Å². The third-order valence-electron chi connectivity index (χ3n) is 5.07. The molecular formula is C23H21N2O+. The minimum absolute atomic E-state index is 0.351. The third-order valence-corrected chi connectivity index (χ3v) is 5.07. The Balaban J connectivity index is 2.14. The Bertz CT molecular complexity index is 1190. The van der Waals surface area contributed by atoms with Gasteiger partial charge in [-0.25, -0.2) is 4.57 Å². The first kappa shape index (κ1) is 16.4. The number of nitrogens with zero attached hydrogens (tertiary/aromatic N) is 2. The number of hydrogen-bond acceptors (Lipinski definition) is 2. The Morgan fingerprint density at radius 1 is 1.12 bits per heavy atom. The highest BCUT2D eigenvalue weighted by Crippen LogP contribution is 2.39. The van der Waals surface area contributed by atoms with Gasteiger partial charge in [0.05, 0.1) is 5.56 Å². The Morgan fingerprint density at radius 2 is 1.92 bits per heavy atom. The summed E-state index contributed by atoms with van der Waals surface area (Å²) in [6.45, 7) is 6.45. The van der Waals surface area contributed by atoms with Gasteiger partial charge in [0, 0.05) is 28.5 Å². The maximum atomic E-state index is 9.50. The molecule has 0 aliphatic heterocycles. The molecule has 0 saturated heterocycles. The quantitative estimate of drug-likeness (QED) is 0.459. The molecule has 2 aromatic carbocycles. The van der Waals surface area contributed by atoms with E-state index in [-0.39, 0.29) is 0 Å². The highest BCUT2D eigenvalue weighted by atomic mass is 16.3. The lowest BCUT2D eigenvalue weighted by Gasteiger charge is -2.08. The number of aromatic nitrogens is 1. The highest BCUT2D eigenvalue weighted by molar-refractivity contribution is 6.10. The van der Waals surface area contributed by atoms with Crippen molar-refractivity contribution in [3.63, 3.8) is 0 Å². The van der Waals surface area contributed by atoms with E-state index in [1.165, 1.54) is 11.1 Å². The molecule has 0 N–H and O–H groups in total. The molecule has 0 spiro atoms. The summed E-state index contributed by atoms with van der Waals surface area (Å²) in [5.74, 6) is 0.351. The van der Waals surface area contributed by atoms with Gasteiger partial charge in [0.1, 0.15) is 18.7 Å². The van der Waals surface area contributed by atoms with Gasteiger partial charge in [-0.1, -0.05) is 19.9 Å². The summed E-state index contributed by atoms with van der Waals surface area (Å²) in [5.41, 5.74) is 6.83. The first-order valence-corrected chi connectivity index (χ1v) is 8.86. The molecule has 2 heterocycles. The fourth-order valence-electron chi connectivity index (χ4n) is 3.70. The van der Waals surface area contributed by atoms with Crippen molar-refractivity contribution in [1.29, 1.82) is 5.26 Å². The van der Waals surface area contributed by atoms with Crippen LogP contribution in [0.25, 0.3) is 33.2 Å². The molecule has 0 unspecified atom stereocenters. The van der Waals surface area contributed by atoms with Gasteiger partial charge in [-0.15, -0.1) is 0 Å². The molecule has 0 aliphatic rings. The molecule has 0 aliphatic carbocycles. The third kappa shape index (κ3) is 2.38. The van der Waals surface area contributed by atoms with Crippen LogP contribution in [0.4, 0.5) is 0 Å². The summed E-state index contributed by atoms with van der Waals surface area (Å²) in [4.78, 5) is 0. The molecule has 0 amide bonds. The van der Waals surface area contributed by atoms with Crippen LogP contribution >= 0.6 is 0 Å². The van der Waals surface area contributed by atoms with Crippen LogP contribution in [0.1, 0.15) is 36.5 Å². The zero-order valence-corrected chi connectivity index (χ0v) is 15.5. The number of nitriles is 1. The van der Waals surface area contributed by atoms with Crippen LogP contribution < -0.4 is 4.57 Å². The zero-order chi connectivity index (χ0) is 18.4. The van der Waals surface area contributed by atoms with E-state index in [2.05, 4.69) is 75.0 Å². The second-order valence-corrected chi connectivity index (χ2v) is 7.14. The van der Waals surface area contributed by atoms with Crippen LogP contribution in [-0.4, -0.2) is 0 Å². The van der Waals surface area contributed by atoms with Gasteiger partial charge in [-0.05, 0) is 48.2 Å². The Kier molecular flexibility index (Phi) is 3.77. The topological polar surface area (TPSA) is 40.8 Å².